The molecule has 0 aromatic carbocycles. The maximum absolute atomic E-state index is 14.0. The van der Waals surface area contributed by atoms with Gasteiger partial charge in [-0.2, -0.15) is 0 Å². The molecule has 3 fully saturated rings. The largest absolute Gasteiger partial charge is 0.504 e. The second kappa shape index (κ2) is 7.94. The van der Waals surface area contributed by atoms with Gasteiger partial charge in [0.05, 0.1) is 35.8 Å². The first-order chi connectivity index (χ1) is 19.3. The third kappa shape index (κ3) is 2.93. The molecule has 3 aromatic heterocycles. The number of nitrogens with zero attached hydrogens (tertiary/aromatic N) is 3. The summed E-state index contributed by atoms with van der Waals surface area (Å²) < 4.78 is 11.9. The Morgan fingerprint density at radius 2 is 1.90 bits per heavy atom. The molecule has 7 unspecified atom stereocenters. The summed E-state index contributed by atoms with van der Waals surface area (Å²) >= 11 is 0. The molecule has 1 saturated heterocycles. The first-order valence-electron chi connectivity index (χ1n) is 14.2. The summed E-state index contributed by atoms with van der Waals surface area (Å²) in [4.78, 5) is 41.1. The molecule has 0 amide bonds. The molecule has 41 heavy (non-hydrogen) atoms. The van der Waals surface area contributed by atoms with Crippen molar-refractivity contribution in [3.05, 3.63) is 60.3 Å². The van der Waals surface area contributed by atoms with Crippen molar-refractivity contribution in [1.82, 2.24) is 19.9 Å². The number of anilines is 1. The van der Waals surface area contributed by atoms with Gasteiger partial charge < -0.3 is 25.0 Å². The highest BCUT2D eigenvalue weighted by molar-refractivity contribution is 6.06. The lowest BCUT2D eigenvalue weighted by atomic mass is 9.39. The fourth-order valence-electron chi connectivity index (χ4n) is 9.57. The highest BCUT2D eigenvalue weighted by Gasteiger charge is 2.87. The number of carbonyl (C=O) groups is 2. The van der Waals surface area contributed by atoms with E-state index in [1.165, 1.54) is 18.2 Å². The zero-order valence-electron chi connectivity index (χ0n) is 23.9. The number of nitrogens with one attached hydrogen (secondary N) is 1. The summed E-state index contributed by atoms with van der Waals surface area (Å²) in [5.74, 6) is 0.121. The van der Waals surface area contributed by atoms with Crippen LogP contribution < -0.4 is 5.73 Å². The van der Waals surface area contributed by atoms with Crippen molar-refractivity contribution in [1.29, 1.82) is 0 Å². The minimum absolute atomic E-state index is 0.00527. The number of aliphatic hydroxyl groups is 1. The number of aliphatic hydroxyl groups excluding tert-OH is 1. The number of allylic oxidation sites excluding steroid dienone is 4. The highest BCUT2D eigenvalue weighted by atomic mass is 16.6. The molecule has 10 heteroatoms. The van der Waals surface area contributed by atoms with Crippen molar-refractivity contribution in [3.63, 3.8) is 0 Å². The van der Waals surface area contributed by atoms with E-state index in [0.717, 1.165) is 19.3 Å². The van der Waals surface area contributed by atoms with Gasteiger partial charge in [0, 0.05) is 10.8 Å². The molecule has 7 atom stereocenters. The van der Waals surface area contributed by atoms with E-state index in [0.29, 0.717) is 22.6 Å². The van der Waals surface area contributed by atoms with Gasteiger partial charge in [-0.15, -0.1) is 0 Å². The summed E-state index contributed by atoms with van der Waals surface area (Å²) in [6.45, 7) is 10.0. The van der Waals surface area contributed by atoms with E-state index in [-0.39, 0.29) is 40.7 Å². The smallest absolute Gasteiger partial charge is 0.206 e. The zero-order valence-corrected chi connectivity index (χ0v) is 23.9. The molecule has 4 heterocycles. The molecular weight excluding hydrogens is 522 g/mol. The SMILES string of the molecule is CC1(C)C(=O)C=CC2(C)C1=C(O)C(=O)C1(C)C2CCC2(C)C(c3ccoc3)CC3OC321.Nc1ncnc2nc[nH]c12. The van der Waals surface area contributed by atoms with Crippen LogP contribution in [-0.2, 0) is 14.3 Å². The number of aromatic amines is 1. The molecule has 0 radical (unpaired) electrons. The van der Waals surface area contributed by atoms with Crippen LogP contribution in [0.3, 0.4) is 0 Å². The van der Waals surface area contributed by atoms with Crippen molar-refractivity contribution in [3.8, 4) is 0 Å². The Balaban J connectivity index is 0.000000232. The Hall–Kier alpha value is -3.79. The van der Waals surface area contributed by atoms with E-state index >= 15 is 0 Å². The Morgan fingerprint density at radius 1 is 1.12 bits per heavy atom. The summed E-state index contributed by atoms with van der Waals surface area (Å²) in [7, 11) is 0. The monoisotopic (exact) mass is 557 g/mol. The third-order valence-electron chi connectivity index (χ3n) is 11.4. The van der Waals surface area contributed by atoms with Crippen LogP contribution in [0.1, 0.15) is 65.4 Å². The summed E-state index contributed by atoms with van der Waals surface area (Å²) in [6.07, 6.45) is 12.7. The minimum Gasteiger partial charge on any atom is -0.504 e. The minimum atomic E-state index is -0.901. The van der Waals surface area contributed by atoms with E-state index in [9.17, 15) is 14.7 Å². The first kappa shape index (κ1) is 26.1. The number of rotatable bonds is 1. The van der Waals surface area contributed by atoms with Crippen LogP contribution in [0.5, 0.6) is 0 Å². The van der Waals surface area contributed by atoms with Crippen molar-refractivity contribution in [2.75, 3.05) is 5.73 Å². The number of hydrogen-bond acceptors (Lipinski definition) is 9. The molecule has 1 aliphatic heterocycles. The number of imidazole rings is 1. The molecule has 4 N–H and O–H groups in total. The van der Waals surface area contributed by atoms with Crippen LogP contribution >= 0.6 is 0 Å². The average Bonchev–Trinajstić information content (AvgIpc) is 3.28. The van der Waals surface area contributed by atoms with E-state index in [1.54, 1.807) is 12.3 Å². The Labute approximate surface area is 237 Å². The lowest BCUT2D eigenvalue weighted by Gasteiger charge is -2.62. The Kier molecular flexibility index (Phi) is 5.06. The summed E-state index contributed by atoms with van der Waals surface area (Å²) in [5, 5.41) is 11.4. The molecule has 214 valence electrons. The second-order valence-corrected chi connectivity index (χ2v) is 13.4. The maximum atomic E-state index is 14.0. The number of ketones is 2. The number of Topliss-reactive ketones (excluding diaryl/α,β-unsaturated/α-hetero) is 1. The van der Waals surface area contributed by atoms with Crippen LogP contribution in [0.2, 0.25) is 0 Å². The van der Waals surface area contributed by atoms with Crippen LogP contribution in [0.25, 0.3) is 11.2 Å². The molecule has 5 aliphatic rings. The number of H-pyrrole nitrogens is 1. The molecule has 2 saturated carbocycles. The highest BCUT2D eigenvalue weighted by Crippen LogP contribution is 2.81. The normalized spacial score (nSPS) is 39.9. The average molecular weight is 558 g/mol. The molecular formula is C31H35N5O5. The topological polar surface area (TPSA) is 161 Å². The molecule has 8 rings (SSSR count). The van der Waals surface area contributed by atoms with Crippen LogP contribution in [-0.4, -0.2) is 48.3 Å². The number of nitrogen functional groups attached to an aromatic ring is 1. The maximum Gasteiger partial charge on any atom is 0.206 e. The first-order valence-corrected chi connectivity index (χ1v) is 14.2. The molecule has 3 aromatic rings. The molecule has 4 aliphatic carbocycles. The number of carbonyl (C=O) groups excluding carboxylic acids is 2. The van der Waals surface area contributed by atoms with Gasteiger partial charge in [-0.25, -0.2) is 15.0 Å². The van der Waals surface area contributed by atoms with Crippen LogP contribution in [0.4, 0.5) is 5.82 Å². The number of hydrogen-bond donors (Lipinski definition) is 3. The molecule has 0 bridgehead atoms. The van der Waals surface area contributed by atoms with Gasteiger partial charge in [0.15, 0.2) is 23.0 Å². The van der Waals surface area contributed by atoms with E-state index in [4.69, 9.17) is 14.9 Å². The van der Waals surface area contributed by atoms with E-state index in [2.05, 4.69) is 33.8 Å². The molecule has 1 spiro atoms. The number of furan rings is 1. The summed E-state index contributed by atoms with van der Waals surface area (Å²) in [6, 6.07) is 2.03. The fourth-order valence-corrected chi connectivity index (χ4v) is 9.57. The zero-order chi connectivity index (χ0) is 29.2. The third-order valence-corrected chi connectivity index (χ3v) is 11.4. The van der Waals surface area contributed by atoms with E-state index in [1.807, 2.05) is 39.2 Å². The van der Waals surface area contributed by atoms with Gasteiger partial charge in [-0.3, -0.25) is 9.59 Å². The van der Waals surface area contributed by atoms with Crippen LogP contribution in [0, 0.1) is 27.6 Å². The standard InChI is InChI=1S/C26H30O5.C5H5N5/c1-22(2)17(27)7-9-23(3)16-6-10-24(4)15(14-8-11-30-13-14)12-18-26(24,31-18)25(16,5)21(29)19(28)20(22)23;6-4-3-5(9-1-7-3)10-2-8-4/h7-9,11,13,15-16,18,28H,6,10,12H2,1-5H3;1-2H,(H3,6,7,8,9,10). The predicted molar refractivity (Wildman–Crippen MR) is 149 cm³/mol. The number of aromatic nitrogens is 4. The number of nitrogens with two attached hydrogens (primary N) is 1. The summed E-state index contributed by atoms with van der Waals surface area (Å²) in [5.41, 5.74) is 5.38. The van der Waals surface area contributed by atoms with Crippen LogP contribution in [0.15, 0.2) is 59.1 Å². The van der Waals surface area contributed by atoms with Crippen molar-refractivity contribution >= 4 is 28.5 Å². The van der Waals surface area contributed by atoms with Gasteiger partial charge in [0.1, 0.15) is 17.4 Å². The van der Waals surface area contributed by atoms with Crippen molar-refractivity contribution < 1.29 is 23.8 Å². The van der Waals surface area contributed by atoms with Gasteiger partial charge in [0.2, 0.25) is 5.78 Å². The van der Waals surface area contributed by atoms with E-state index < -0.39 is 21.8 Å². The Bertz CT molecular complexity index is 1670. The second-order valence-electron chi connectivity index (χ2n) is 13.4. The van der Waals surface area contributed by atoms with Gasteiger partial charge in [-0.1, -0.05) is 19.9 Å². The predicted octanol–water partition coefficient (Wildman–Crippen LogP) is 4.83. The van der Waals surface area contributed by atoms with Gasteiger partial charge in [0.25, 0.3) is 0 Å². The van der Waals surface area contributed by atoms with Gasteiger partial charge >= 0.3 is 0 Å². The van der Waals surface area contributed by atoms with Crippen molar-refractivity contribution in [2.24, 2.45) is 27.6 Å². The quantitative estimate of drug-likeness (QED) is 0.356. The lowest BCUT2D eigenvalue weighted by molar-refractivity contribution is -0.162. The fraction of sp³-hybridized carbons (Fsp3) is 0.516. The Morgan fingerprint density at radius 3 is 2.61 bits per heavy atom. The van der Waals surface area contributed by atoms with Crippen molar-refractivity contribution in [2.45, 2.75) is 71.5 Å². The number of fused-ring (bicyclic) bond motifs is 4. The number of ether oxygens (including phenoxy) is 1. The number of epoxide rings is 1. The molecule has 10 nitrogen and oxygen atoms in total. The lowest BCUT2D eigenvalue weighted by Crippen LogP contribution is -2.66. The van der Waals surface area contributed by atoms with Gasteiger partial charge in [-0.05, 0) is 75.1 Å².